The van der Waals surface area contributed by atoms with Crippen LogP contribution in [0.25, 0.3) is 0 Å². The van der Waals surface area contributed by atoms with Crippen LogP contribution < -0.4 is 0 Å². The van der Waals surface area contributed by atoms with E-state index in [0.717, 1.165) is 0 Å². The van der Waals surface area contributed by atoms with Crippen LogP contribution >= 0.6 is 15.9 Å². The number of hydrogen-bond donors (Lipinski definition) is 3. The van der Waals surface area contributed by atoms with Gasteiger partial charge >= 0.3 is 0 Å². The standard InChI is InChI=1S/C15H15BrO7/c1-4-5(16)6-9(17)7-8(11(19)10(6)18)13(21)15(23-3)14(22-2)12(7)20/h5,17-19H,4H2,1-3H3. The number of phenols is 3. The van der Waals surface area contributed by atoms with Gasteiger partial charge in [-0.15, -0.1) is 0 Å². The average molecular weight is 387 g/mol. The van der Waals surface area contributed by atoms with E-state index in [2.05, 4.69) is 15.9 Å². The van der Waals surface area contributed by atoms with Crippen LogP contribution in [0.1, 0.15) is 44.5 Å². The fraction of sp³-hybridized carbons (Fsp3) is 0.333. The number of ether oxygens (including phenoxy) is 2. The van der Waals surface area contributed by atoms with Gasteiger partial charge in [-0.1, -0.05) is 22.9 Å². The summed E-state index contributed by atoms with van der Waals surface area (Å²) in [5.74, 6) is -4.49. The smallest absolute Gasteiger partial charge is 0.236 e. The summed E-state index contributed by atoms with van der Waals surface area (Å²) in [4.78, 5) is 24.4. The number of fused-ring (bicyclic) bond motifs is 1. The van der Waals surface area contributed by atoms with Crippen LogP contribution in [0, 0.1) is 0 Å². The van der Waals surface area contributed by atoms with Gasteiger partial charge in [-0.3, -0.25) is 9.59 Å². The van der Waals surface area contributed by atoms with E-state index >= 15 is 0 Å². The number of benzene rings is 1. The molecule has 1 unspecified atom stereocenters. The van der Waals surface area contributed by atoms with Crippen LogP contribution in [0.5, 0.6) is 17.2 Å². The van der Waals surface area contributed by atoms with Gasteiger partial charge in [0.05, 0.1) is 30.9 Å². The van der Waals surface area contributed by atoms with Crippen LogP contribution in [0.2, 0.25) is 0 Å². The van der Waals surface area contributed by atoms with Crippen LogP contribution in [0.15, 0.2) is 11.5 Å². The van der Waals surface area contributed by atoms with Crippen molar-refractivity contribution in [3.8, 4) is 17.2 Å². The molecule has 0 saturated heterocycles. The molecule has 0 aliphatic heterocycles. The summed E-state index contributed by atoms with van der Waals surface area (Å²) >= 11 is 3.25. The van der Waals surface area contributed by atoms with Crippen LogP contribution in [-0.4, -0.2) is 41.1 Å². The molecule has 1 aliphatic rings. The molecule has 7 nitrogen and oxygen atoms in total. The van der Waals surface area contributed by atoms with Gasteiger partial charge in [0.1, 0.15) is 5.75 Å². The van der Waals surface area contributed by atoms with Gasteiger partial charge in [-0.05, 0) is 6.42 Å². The number of phenolic OH excluding ortho intramolecular Hbond substituents is 3. The van der Waals surface area contributed by atoms with Crippen molar-refractivity contribution in [3.63, 3.8) is 0 Å². The minimum atomic E-state index is -0.865. The molecule has 0 amide bonds. The monoisotopic (exact) mass is 386 g/mol. The van der Waals surface area contributed by atoms with E-state index in [9.17, 15) is 24.9 Å². The molecule has 3 N–H and O–H groups in total. The number of methoxy groups -OCH3 is 2. The predicted octanol–water partition coefficient (Wildman–Crippen LogP) is 2.53. The third kappa shape index (κ3) is 2.33. The zero-order valence-corrected chi connectivity index (χ0v) is 14.2. The molecule has 1 atom stereocenters. The van der Waals surface area contributed by atoms with Crippen molar-refractivity contribution in [1.29, 1.82) is 0 Å². The second kappa shape index (κ2) is 6.11. The number of carbonyl (C=O) groups excluding carboxylic acids is 2. The number of carbonyl (C=O) groups is 2. The van der Waals surface area contributed by atoms with Crippen molar-refractivity contribution in [1.82, 2.24) is 0 Å². The Balaban J connectivity index is 2.89. The summed E-state index contributed by atoms with van der Waals surface area (Å²) in [6.07, 6.45) is 0.456. The molecule has 0 heterocycles. The lowest BCUT2D eigenvalue weighted by Gasteiger charge is -2.23. The quantitative estimate of drug-likeness (QED) is 0.413. The molecule has 1 aliphatic carbocycles. The summed E-state index contributed by atoms with van der Waals surface area (Å²) in [5.41, 5.74) is -1.00. The Morgan fingerprint density at radius 1 is 0.913 bits per heavy atom. The van der Waals surface area contributed by atoms with Gasteiger partial charge in [0.15, 0.2) is 11.5 Å². The number of aromatic hydroxyl groups is 3. The summed E-state index contributed by atoms with van der Waals surface area (Å²) in [7, 11) is 2.35. The maximum atomic E-state index is 12.5. The lowest BCUT2D eigenvalue weighted by atomic mass is 9.87. The first-order valence-electron chi connectivity index (χ1n) is 6.68. The Labute approximate surface area is 140 Å². The normalized spacial score (nSPS) is 15.5. The molecule has 23 heavy (non-hydrogen) atoms. The van der Waals surface area contributed by atoms with E-state index in [4.69, 9.17) is 9.47 Å². The van der Waals surface area contributed by atoms with Crippen molar-refractivity contribution < 1.29 is 34.4 Å². The SMILES string of the molecule is CCC(Br)c1c(O)c(O)c2c(c1O)C(=O)C(OC)=C(OC)C2=O. The number of alkyl halides is 1. The van der Waals surface area contributed by atoms with E-state index in [-0.39, 0.29) is 11.3 Å². The minimum Gasteiger partial charge on any atom is -0.507 e. The van der Waals surface area contributed by atoms with Crippen LogP contribution in [0.4, 0.5) is 0 Å². The highest BCUT2D eigenvalue weighted by molar-refractivity contribution is 9.09. The van der Waals surface area contributed by atoms with E-state index in [0.29, 0.717) is 6.42 Å². The molecule has 1 aromatic carbocycles. The predicted molar refractivity (Wildman–Crippen MR) is 83.1 cm³/mol. The molecule has 0 bridgehead atoms. The number of rotatable bonds is 4. The Hall–Kier alpha value is -2.22. The van der Waals surface area contributed by atoms with Crippen molar-refractivity contribution in [2.75, 3.05) is 14.2 Å². The topological polar surface area (TPSA) is 113 Å². The molecule has 0 radical (unpaired) electrons. The first-order chi connectivity index (χ1) is 10.8. The largest absolute Gasteiger partial charge is 0.507 e. The first-order valence-corrected chi connectivity index (χ1v) is 7.59. The first kappa shape index (κ1) is 17.1. The molecular formula is C15H15BrO7. The summed E-state index contributed by atoms with van der Waals surface area (Å²) < 4.78 is 9.77. The molecule has 0 fully saturated rings. The van der Waals surface area contributed by atoms with Gasteiger partial charge in [0.25, 0.3) is 0 Å². The van der Waals surface area contributed by atoms with Crippen molar-refractivity contribution in [2.24, 2.45) is 0 Å². The average Bonchev–Trinajstić information content (AvgIpc) is 2.53. The molecule has 0 spiro atoms. The van der Waals surface area contributed by atoms with Gasteiger partial charge in [-0.25, -0.2) is 0 Å². The lowest BCUT2D eigenvalue weighted by molar-refractivity contribution is 0.0823. The van der Waals surface area contributed by atoms with Crippen molar-refractivity contribution >= 4 is 27.5 Å². The van der Waals surface area contributed by atoms with Gasteiger partial charge in [0, 0.05) is 4.83 Å². The van der Waals surface area contributed by atoms with Gasteiger partial charge in [-0.2, -0.15) is 0 Å². The molecule has 0 saturated carbocycles. The number of halogens is 1. The molecule has 8 heteroatoms. The minimum absolute atomic E-state index is 0.0683. The number of Topliss-reactive ketones (excluding diaryl/α,β-unsaturated/α-hetero) is 2. The third-order valence-electron chi connectivity index (χ3n) is 3.61. The molecule has 1 aromatic rings. The summed E-state index contributed by atoms with van der Waals surface area (Å²) in [6, 6.07) is 0. The third-order valence-corrected chi connectivity index (χ3v) is 4.72. The second-order valence-electron chi connectivity index (χ2n) is 4.81. The fourth-order valence-corrected chi connectivity index (χ4v) is 2.91. The Kier molecular flexibility index (Phi) is 4.56. The Morgan fingerprint density at radius 2 is 1.35 bits per heavy atom. The maximum Gasteiger partial charge on any atom is 0.236 e. The van der Waals surface area contributed by atoms with Gasteiger partial charge < -0.3 is 24.8 Å². The highest BCUT2D eigenvalue weighted by atomic mass is 79.9. The number of hydrogen-bond acceptors (Lipinski definition) is 7. The van der Waals surface area contributed by atoms with E-state index in [1.165, 1.54) is 14.2 Å². The zero-order valence-electron chi connectivity index (χ0n) is 12.6. The highest BCUT2D eigenvalue weighted by Crippen LogP contribution is 2.50. The second-order valence-corrected chi connectivity index (χ2v) is 5.92. The number of allylic oxidation sites excluding steroid dienone is 2. The maximum absolute atomic E-state index is 12.5. The van der Waals surface area contributed by atoms with Crippen molar-refractivity contribution in [3.05, 3.63) is 28.2 Å². The Morgan fingerprint density at radius 3 is 1.74 bits per heavy atom. The molecular weight excluding hydrogens is 372 g/mol. The fourth-order valence-electron chi connectivity index (χ4n) is 2.48. The summed E-state index contributed by atoms with van der Waals surface area (Å²) in [6.45, 7) is 1.77. The van der Waals surface area contributed by atoms with Gasteiger partial charge in [0.2, 0.25) is 23.1 Å². The van der Waals surface area contributed by atoms with Crippen molar-refractivity contribution in [2.45, 2.75) is 18.2 Å². The van der Waals surface area contributed by atoms with Crippen LogP contribution in [-0.2, 0) is 9.47 Å². The molecule has 124 valence electrons. The number of ketones is 2. The summed E-state index contributed by atoms with van der Waals surface area (Å²) in [5, 5.41) is 30.7. The van der Waals surface area contributed by atoms with E-state index in [1.54, 1.807) is 6.92 Å². The highest BCUT2D eigenvalue weighted by Gasteiger charge is 2.42. The molecule has 2 rings (SSSR count). The van der Waals surface area contributed by atoms with E-state index < -0.39 is 50.5 Å². The zero-order chi connectivity index (χ0) is 17.5. The van der Waals surface area contributed by atoms with Crippen LogP contribution in [0.3, 0.4) is 0 Å². The van der Waals surface area contributed by atoms with E-state index in [1.807, 2.05) is 0 Å². The lowest BCUT2D eigenvalue weighted by Crippen LogP contribution is -2.25. The Bertz CT molecular complexity index is 736. The molecule has 0 aromatic heterocycles.